The minimum Gasteiger partial charge on any atom is -0.466 e. The number of nitrogens with one attached hydrogen (secondary N) is 1. The van der Waals surface area contributed by atoms with Crippen LogP contribution < -0.4 is 5.32 Å². The highest BCUT2D eigenvalue weighted by Crippen LogP contribution is 2.46. The number of hydrogen-bond donors (Lipinski definition) is 2. The summed E-state index contributed by atoms with van der Waals surface area (Å²) in [6, 6.07) is 8.23. The maximum Gasteiger partial charge on any atom is 0.310 e. The van der Waals surface area contributed by atoms with Gasteiger partial charge in [0.15, 0.2) is 0 Å². The Balaban J connectivity index is 2.06. The molecule has 0 aromatic heterocycles. The standard InChI is InChI=1S/C32H48N2O5/c1-8-13-22-16-17-24-26(25(22)30(38)39-9-2)29(37)34(23(19-35)18-21-14-11-10-12-15-21)27(24)28(36)33-32(6,7)20-31(3,4)5/h10-12,14-17,22-27,35H,8-9,13,18-20H2,1-7H3,(H,33,36)/t22-,23-,24+,25-,26-,27+/m1/s1. The Bertz CT molecular complexity index is 1030. The van der Waals surface area contributed by atoms with Crippen LogP contribution in [0.3, 0.4) is 0 Å². The van der Waals surface area contributed by atoms with Gasteiger partial charge in [-0.1, -0.05) is 76.6 Å². The van der Waals surface area contributed by atoms with Crippen molar-refractivity contribution in [1.82, 2.24) is 10.2 Å². The summed E-state index contributed by atoms with van der Waals surface area (Å²) in [5, 5.41) is 13.8. The Morgan fingerprint density at radius 1 is 1.08 bits per heavy atom. The van der Waals surface area contributed by atoms with Crippen molar-refractivity contribution in [3.8, 4) is 0 Å². The van der Waals surface area contributed by atoms with Crippen molar-refractivity contribution < 1.29 is 24.2 Å². The molecule has 7 nitrogen and oxygen atoms in total. The van der Waals surface area contributed by atoms with Gasteiger partial charge in [0.05, 0.1) is 31.1 Å². The first-order valence-electron chi connectivity index (χ1n) is 14.5. The number of carbonyl (C=O) groups excluding carboxylic acids is 3. The number of hydrogen-bond acceptors (Lipinski definition) is 5. The zero-order valence-electron chi connectivity index (χ0n) is 24.8. The van der Waals surface area contributed by atoms with Gasteiger partial charge in [0.1, 0.15) is 6.04 Å². The van der Waals surface area contributed by atoms with Gasteiger partial charge in [-0.3, -0.25) is 14.4 Å². The number of aliphatic hydroxyl groups is 1. The first kappa shape index (κ1) is 30.9. The van der Waals surface area contributed by atoms with E-state index in [1.807, 2.05) is 56.3 Å². The molecule has 1 saturated heterocycles. The molecular formula is C32H48N2O5. The smallest absolute Gasteiger partial charge is 0.310 e. The molecule has 0 bridgehead atoms. The highest BCUT2D eigenvalue weighted by molar-refractivity contribution is 5.96. The van der Waals surface area contributed by atoms with Crippen molar-refractivity contribution in [2.75, 3.05) is 13.2 Å². The monoisotopic (exact) mass is 540 g/mol. The summed E-state index contributed by atoms with van der Waals surface area (Å²) in [5.74, 6) is -2.90. The lowest BCUT2D eigenvalue weighted by Gasteiger charge is -2.38. The van der Waals surface area contributed by atoms with Gasteiger partial charge in [-0.15, -0.1) is 0 Å². The summed E-state index contributed by atoms with van der Waals surface area (Å²) in [5.41, 5.74) is 0.436. The number of carbonyl (C=O) groups is 3. The Morgan fingerprint density at radius 2 is 1.74 bits per heavy atom. The molecule has 39 heavy (non-hydrogen) atoms. The molecule has 6 atom stereocenters. The molecule has 0 saturated carbocycles. The minimum atomic E-state index is -0.835. The van der Waals surface area contributed by atoms with Crippen LogP contribution in [0.1, 0.15) is 73.3 Å². The molecule has 2 N–H and O–H groups in total. The van der Waals surface area contributed by atoms with Gasteiger partial charge in [0.25, 0.3) is 0 Å². The summed E-state index contributed by atoms with van der Waals surface area (Å²) >= 11 is 0. The minimum absolute atomic E-state index is 0.0153. The van der Waals surface area contributed by atoms with Crippen LogP contribution in [-0.4, -0.2) is 58.6 Å². The number of fused-ring (bicyclic) bond motifs is 1. The highest BCUT2D eigenvalue weighted by atomic mass is 16.5. The number of amides is 2. The summed E-state index contributed by atoms with van der Waals surface area (Å²) in [6.45, 7) is 14.1. The summed E-state index contributed by atoms with van der Waals surface area (Å²) in [6.07, 6.45) is 6.74. The van der Waals surface area contributed by atoms with E-state index >= 15 is 0 Å². The first-order valence-corrected chi connectivity index (χ1v) is 14.5. The van der Waals surface area contributed by atoms with E-state index in [4.69, 9.17) is 4.74 Å². The van der Waals surface area contributed by atoms with Crippen LogP contribution in [-0.2, 0) is 25.5 Å². The van der Waals surface area contributed by atoms with Gasteiger partial charge in [-0.05, 0) is 56.9 Å². The van der Waals surface area contributed by atoms with E-state index in [2.05, 4.69) is 33.0 Å². The molecule has 0 unspecified atom stereocenters. The fourth-order valence-electron chi connectivity index (χ4n) is 6.92. The molecule has 1 aliphatic carbocycles. The molecule has 2 aliphatic rings. The van der Waals surface area contributed by atoms with E-state index in [1.54, 1.807) is 11.8 Å². The van der Waals surface area contributed by atoms with Crippen LogP contribution in [0.2, 0.25) is 0 Å². The lowest BCUT2D eigenvalue weighted by Crippen LogP contribution is -2.57. The molecule has 0 radical (unpaired) electrons. The third kappa shape index (κ3) is 7.30. The lowest BCUT2D eigenvalue weighted by atomic mass is 9.68. The molecule has 0 spiro atoms. The van der Waals surface area contributed by atoms with Gasteiger partial charge in [-0.2, -0.15) is 0 Å². The number of benzene rings is 1. The van der Waals surface area contributed by atoms with Crippen molar-refractivity contribution in [2.45, 2.75) is 91.8 Å². The predicted octanol–water partition coefficient (Wildman–Crippen LogP) is 4.53. The van der Waals surface area contributed by atoms with E-state index in [9.17, 15) is 19.5 Å². The maximum atomic E-state index is 14.3. The Morgan fingerprint density at radius 3 is 2.31 bits per heavy atom. The summed E-state index contributed by atoms with van der Waals surface area (Å²) in [4.78, 5) is 43.3. The zero-order chi connectivity index (χ0) is 29.0. The normalized spacial score (nSPS) is 25.8. The molecule has 1 aromatic carbocycles. The molecule has 1 aromatic rings. The summed E-state index contributed by atoms with van der Waals surface area (Å²) < 4.78 is 5.47. The fraction of sp³-hybridized carbons (Fsp3) is 0.656. The van der Waals surface area contributed by atoms with Crippen molar-refractivity contribution in [3.63, 3.8) is 0 Å². The molecule has 2 amide bonds. The maximum absolute atomic E-state index is 14.3. The van der Waals surface area contributed by atoms with E-state index < -0.39 is 35.4 Å². The number of esters is 1. The average molecular weight is 541 g/mol. The van der Waals surface area contributed by atoms with Crippen LogP contribution in [0.5, 0.6) is 0 Å². The molecule has 1 aliphatic heterocycles. The second kappa shape index (κ2) is 12.7. The van der Waals surface area contributed by atoms with E-state index in [1.165, 1.54) is 0 Å². The van der Waals surface area contributed by atoms with Crippen LogP contribution in [0, 0.1) is 29.1 Å². The number of aliphatic hydroxyl groups excluding tert-OH is 1. The molecule has 3 rings (SSSR count). The van der Waals surface area contributed by atoms with Crippen molar-refractivity contribution >= 4 is 17.8 Å². The third-order valence-electron chi connectivity index (χ3n) is 7.85. The molecule has 7 heteroatoms. The largest absolute Gasteiger partial charge is 0.466 e. The third-order valence-corrected chi connectivity index (χ3v) is 7.85. The zero-order valence-corrected chi connectivity index (χ0v) is 24.8. The van der Waals surface area contributed by atoms with Gasteiger partial charge in [0.2, 0.25) is 11.8 Å². The van der Waals surface area contributed by atoms with E-state index in [0.717, 1.165) is 24.8 Å². The van der Waals surface area contributed by atoms with E-state index in [0.29, 0.717) is 6.42 Å². The van der Waals surface area contributed by atoms with Crippen LogP contribution >= 0.6 is 0 Å². The first-order chi connectivity index (χ1) is 18.3. The molecule has 1 heterocycles. The second-order valence-corrected chi connectivity index (χ2v) is 13.0. The number of likely N-dealkylation sites (tertiary alicyclic amines) is 1. The summed E-state index contributed by atoms with van der Waals surface area (Å²) in [7, 11) is 0. The van der Waals surface area contributed by atoms with Crippen LogP contribution in [0.4, 0.5) is 0 Å². The lowest BCUT2D eigenvalue weighted by molar-refractivity contribution is -0.156. The predicted molar refractivity (Wildman–Crippen MR) is 153 cm³/mol. The number of ether oxygens (including phenoxy) is 1. The van der Waals surface area contributed by atoms with Crippen LogP contribution in [0.15, 0.2) is 42.5 Å². The molecule has 216 valence electrons. The SMILES string of the molecule is CCC[C@@H]1C=C[C@H]2[C@@H](C(=O)N([C@@H](CO)Cc3ccccc3)[C@@H]2C(=O)NC(C)(C)CC(C)(C)C)[C@@H]1C(=O)OCC. The van der Waals surface area contributed by atoms with Gasteiger partial charge in [0, 0.05) is 11.5 Å². The number of rotatable bonds is 11. The molecular weight excluding hydrogens is 492 g/mol. The van der Waals surface area contributed by atoms with Gasteiger partial charge >= 0.3 is 5.97 Å². The van der Waals surface area contributed by atoms with Crippen molar-refractivity contribution in [2.24, 2.45) is 29.1 Å². The van der Waals surface area contributed by atoms with Gasteiger partial charge in [-0.25, -0.2) is 0 Å². The highest BCUT2D eigenvalue weighted by Gasteiger charge is 2.59. The van der Waals surface area contributed by atoms with Crippen LogP contribution in [0.25, 0.3) is 0 Å². The Hall–Kier alpha value is -2.67. The topological polar surface area (TPSA) is 95.9 Å². The second-order valence-electron chi connectivity index (χ2n) is 13.0. The van der Waals surface area contributed by atoms with Gasteiger partial charge < -0.3 is 20.1 Å². The Labute approximate surface area is 234 Å². The molecule has 1 fully saturated rings. The Kier molecular flexibility index (Phi) is 10.0. The quantitative estimate of drug-likeness (QED) is 0.318. The number of nitrogens with zero attached hydrogens (tertiary/aromatic N) is 1. The van der Waals surface area contributed by atoms with Crippen molar-refractivity contribution in [3.05, 3.63) is 48.0 Å². The van der Waals surface area contributed by atoms with Crippen molar-refractivity contribution in [1.29, 1.82) is 0 Å². The van der Waals surface area contributed by atoms with E-state index in [-0.39, 0.29) is 42.3 Å². The average Bonchev–Trinajstić information content (AvgIpc) is 3.14. The fourth-order valence-corrected chi connectivity index (χ4v) is 6.92. The number of allylic oxidation sites excluding steroid dienone is 1.